The molecule has 2 rings (SSSR count). The lowest BCUT2D eigenvalue weighted by Gasteiger charge is -2.14. The van der Waals surface area contributed by atoms with E-state index in [1.54, 1.807) is 24.3 Å². The summed E-state index contributed by atoms with van der Waals surface area (Å²) in [5, 5.41) is 12.1. The van der Waals surface area contributed by atoms with Gasteiger partial charge in [-0.05, 0) is 31.0 Å². The number of hydrogen-bond acceptors (Lipinski definition) is 2. The van der Waals surface area contributed by atoms with Gasteiger partial charge in [-0.2, -0.15) is 0 Å². The first-order chi connectivity index (χ1) is 10.5. The molecule has 22 heavy (non-hydrogen) atoms. The predicted octanol–water partition coefficient (Wildman–Crippen LogP) is 3.50. The number of carbonyl (C=O) groups is 2. The lowest BCUT2D eigenvalue weighted by molar-refractivity contribution is -0.140. The zero-order valence-electron chi connectivity index (χ0n) is 12.7. The molecular weight excluding hydrogens is 278 g/mol. The van der Waals surface area contributed by atoms with Gasteiger partial charge in [0.25, 0.3) is 0 Å². The average molecular weight is 297 g/mol. The van der Waals surface area contributed by atoms with Crippen LogP contribution in [0.4, 0.5) is 5.69 Å². The Morgan fingerprint density at radius 1 is 1.09 bits per heavy atom. The first-order valence-corrected chi connectivity index (χ1v) is 7.12. The predicted molar refractivity (Wildman–Crippen MR) is 86.0 cm³/mol. The van der Waals surface area contributed by atoms with Crippen LogP contribution in [-0.2, 0) is 9.59 Å². The van der Waals surface area contributed by atoms with E-state index in [4.69, 9.17) is 0 Å². The summed E-state index contributed by atoms with van der Waals surface area (Å²) in [5.74, 6) is -2.14. The van der Waals surface area contributed by atoms with Gasteiger partial charge in [-0.1, -0.05) is 48.0 Å². The number of amides is 1. The summed E-state index contributed by atoms with van der Waals surface area (Å²) in [7, 11) is 0. The highest BCUT2D eigenvalue weighted by molar-refractivity contribution is 5.95. The largest absolute Gasteiger partial charge is 0.481 e. The topological polar surface area (TPSA) is 66.4 Å². The maximum Gasteiger partial charge on any atom is 0.311 e. The maximum absolute atomic E-state index is 12.2. The molecule has 0 aliphatic rings. The SMILES string of the molecule is Cc1ccc(NC(=O)C[C@H](C(=O)O)c2ccccc2)c(C)c1. The zero-order chi connectivity index (χ0) is 16.1. The lowest BCUT2D eigenvalue weighted by atomic mass is 9.95. The van der Waals surface area contributed by atoms with Crippen LogP contribution >= 0.6 is 0 Å². The van der Waals surface area contributed by atoms with E-state index in [1.165, 1.54) is 0 Å². The van der Waals surface area contributed by atoms with Crippen molar-refractivity contribution in [3.05, 3.63) is 65.2 Å². The second-order valence-electron chi connectivity index (χ2n) is 5.37. The Morgan fingerprint density at radius 2 is 1.77 bits per heavy atom. The molecule has 0 saturated carbocycles. The van der Waals surface area contributed by atoms with E-state index in [-0.39, 0.29) is 12.3 Å². The summed E-state index contributed by atoms with van der Waals surface area (Å²) in [6.07, 6.45) is -0.0906. The minimum atomic E-state index is -0.998. The van der Waals surface area contributed by atoms with E-state index in [9.17, 15) is 14.7 Å². The summed E-state index contributed by atoms with van der Waals surface area (Å²) in [6.45, 7) is 3.89. The van der Waals surface area contributed by atoms with Crippen LogP contribution in [0.3, 0.4) is 0 Å². The van der Waals surface area contributed by atoms with Gasteiger partial charge in [0.15, 0.2) is 0 Å². The zero-order valence-corrected chi connectivity index (χ0v) is 12.7. The Labute approximate surface area is 129 Å². The molecule has 2 aromatic rings. The molecule has 0 aliphatic carbocycles. The molecule has 1 amide bonds. The Kier molecular flexibility index (Phi) is 4.94. The van der Waals surface area contributed by atoms with Crippen LogP contribution in [0.15, 0.2) is 48.5 Å². The van der Waals surface area contributed by atoms with Crippen molar-refractivity contribution in [3.63, 3.8) is 0 Å². The number of nitrogens with one attached hydrogen (secondary N) is 1. The minimum absolute atomic E-state index is 0.0906. The molecule has 0 heterocycles. The van der Waals surface area contributed by atoms with Crippen LogP contribution in [-0.4, -0.2) is 17.0 Å². The van der Waals surface area contributed by atoms with Crippen LogP contribution < -0.4 is 5.32 Å². The van der Waals surface area contributed by atoms with E-state index >= 15 is 0 Å². The van der Waals surface area contributed by atoms with Gasteiger partial charge in [-0.25, -0.2) is 0 Å². The molecule has 2 N–H and O–H groups in total. The first kappa shape index (κ1) is 15.8. The van der Waals surface area contributed by atoms with Gasteiger partial charge in [0.1, 0.15) is 0 Å². The molecule has 4 nitrogen and oxygen atoms in total. The number of aryl methyl sites for hydroxylation is 2. The normalized spacial score (nSPS) is 11.7. The van der Waals surface area contributed by atoms with E-state index in [2.05, 4.69) is 5.32 Å². The third-order valence-corrected chi connectivity index (χ3v) is 3.55. The van der Waals surface area contributed by atoms with Gasteiger partial charge in [0.2, 0.25) is 5.91 Å². The fourth-order valence-electron chi connectivity index (χ4n) is 2.37. The summed E-state index contributed by atoms with van der Waals surface area (Å²) < 4.78 is 0. The second kappa shape index (κ2) is 6.89. The molecule has 4 heteroatoms. The number of hydrogen-bond donors (Lipinski definition) is 2. The molecule has 0 saturated heterocycles. The molecule has 0 spiro atoms. The molecule has 0 radical (unpaired) electrons. The summed E-state index contributed by atoms with van der Waals surface area (Å²) in [5.41, 5.74) is 3.42. The highest BCUT2D eigenvalue weighted by atomic mass is 16.4. The third kappa shape index (κ3) is 3.95. The van der Waals surface area contributed by atoms with Gasteiger partial charge in [0.05, 0.1) is 5.92 Å². The van der Waals surface area contributed by atoms with Crippen molar-refractivity contribution in [1.82, 2.24) is 0 Å². The number of rotatable bonds is 5. The summed E-state index contributed by atoms with van der Waals surface area (Å²) >= 11 is 0. The molecule has 1 atom stereocenters. The van der Waals surface area contributed by atoms with Crippen LogP contribution in [0, 0.1) is 13.8 Å². The van der Waals surface area contributed by atoms with Gasteiger partial charge in [-0.3, -0.25) is 9.59 Å². The molecular formula is C18H19NO3. The van der Waals surface area contributed by atoms with Crippen molar-refractivity contribution in [3.8, 4) is 0 Å². The van der Waals surface area contributed by atoms with Gasteiger partial charge in [-0.15, -0.1) is 0 Å². The fraction of sp³-hybridized carbons (Fsp3) is 0.222. The molecule has 114 valence electrons. The Hall–Kier alpha value is -2.62. The molecule has 0 fully saturated rings. The van der Waals surface area contributed by atoms with E-state index < -0.39 is 11.9 Å². The molecule has 0 aliphatic heterocycles. The van der Waals surface area contributed by atoms with Crippen LogP contribution in [0.25, 0.3) is 0 Å². The van der Waals surface area contributed by atoms with E-state index in [1.807, 2.05) is 38.1 Å². The molecule has 0 unspecified atom stereocenters. The van der Waals surface area contributed by atoms with Crippen molar-refractivity contribution in [2.45, 2.75) is 26.2 Å². The van der Waals surface area contributed by atoms with Crippen LogP contribution in [0.1, 0.15) is 29.0 Å². The summed E-state index contributed by atoms with van der Waals surface area (Å²) in [6, 6.07) is 14.5. The molecule has 2 aromatic carbocycles. The standard InChI is InChI=1S/C18H19NO3/c1-12-8-9-16(13(2)10-12)19-17(20)11-15(18(21)22)14-6-4-3-5-7-14/h3-10,15H,11H2,1-2H3,(H,19,20)(H,21,22)/t15-/m0/s1. The Bertz CT molecular complexity index is 680. The average Bonchev–Trinajstić information content (AvgIpc) is 2.48. The first-order valence-electron chi connectivity index (χ1n) is 7.12. The fourth-order valence-corrected chi connectivity index (χ4v) is 2.37. The van der Waals surface area contributed by atoms with Gasteiger partial charge < -0.3 is 10.4 Å². The number of carboxylic acids is 1. The van der Waals surface area contributed by atoms with Gasteiger partial charge in [0, 0.05) is 12.1 Å². The van der Waals surface area contributed by atoms with Crippen LogP contribution in [0.2, 0.25) is 0 Å². The number of carbonyl (C=O) groups excluding carboxylic acids is 1. The monoisotopic (exact) mass is 297 g/mol. The number of carboxylic acid groups (broad SMARTS) is 1. The van der Waals surface area contributed by atoms with Crippen molar-refractivity contribution in [2.24, 2.45) is 0 Å². The van der Waals surface area contributed by atoms with Crippen LogP contribution in [0.5, 0.6) is 0 Å². The Morgan fingerprint density at radius 3 is 2.36 bits per heavy atom. The Balaban J connectivity index is 2.10. The molecule has 0 aromatic heterocycles. The summed E-state index contributed by atoms with van der Waals surface area (Å²) in [4.78, 5) is 23.6. The van der Waals surface area contributed by atoms with Crippen molar-refractivity contribution < 1.29 is 14.7 Å². The lowest BCUT2D eigenvalue weighted by Crippen LogP contribution is -2.21. The number of benzene rings is 2. The number of aliphatic carboxylic acids is 1. The maximum atomic E-state index is 12.2. The van der Waals surface area contributed by atoms with Crippen molar-refractivity contribution in [2.75, 3.05) is 5.32 Å². The highest BCUT2D eigenvalue weighted by Gasteiger charge is 2.23. The molecule has 0 bridgehead atoms. The smallest absolute Gasteiger partial charge is 0.311 e. The second-order valence-corrected chi connectivity index (χ2v) is 5.37. The van der Waals surface area contributed by atoms with Crippen molar-refractivity contribution >= 4 is 17.6 Å². The van der Waals surface area contributed by atoms with Gasteiger partial charge >= 0.3 is 5.97 Å². The minimum Gasteiger partial charge on any atom is -0.481 e. The van der Waals surface area contributed by atoms with E-state index in [0.29, 0.717) is 11.3 Å². The quantitative estimate of drug-likeness (QED) is 0.887. The van der Waals surface area contributed by atoms with Crippen molar-refractivity contribution in [1.29, 1.82) is 0 Å². The highest BCUT2D eigenvalue weighted by Crippen LogP contribution is 2.22. The third-order valence-electron chi connectivity index (χ3n) is 3.55. The van der Waals surface area contributed by atoms with E-state index in [0.717, 1.165) is 11.1 Å². The number of anilines is 1.